The monoisotopic (exact) mass is 395 g/mol. The zero-order chi connectivity index (χ0) is 16.8. The van der Waals surface area contributed by atoms with Crippen LogP contribution in [0.4, 0.5) is 5.69 Å². The number of benzene rings is 2. The molecule has 1 amide bonds. The van der Waals surface area contributed by atoms with Crippen LogP contribution in [0.3, 0.4) is 0 Å². The predicted octanol–water partition coefficient (Wildman–Crippen LogP) is 3.70. The van der Waals surface area contributed by atoms with Gasteiger partial charge in [-0.1, -0.05) is 23.7 Å². The molecule has 0 unspecified atom stereocenters. The topological polar surface area (TPSA) is 84.6 Å². The van der Waals surface area contributed by atoms with Gasteiger partial charge in [0.1, 0.15) is 0 Å². The fourth-order valence-electron chi connectivity index (χ4n) is 1.74. The summed E-state index contributed by atoms with van der Waals surface area (Å²) in [7, 11) is 0. The van der Waals surface area contributed by atoms with Crippen LogP contribution in [0.25, 0.3) is 0 Å². The first-order valence-corrected chi connectivity index (χ1v) is 7.63. The number of hydrogen-bond acceptors (Lipinski definition) is 4. The lowest BCUT2D eigenvalue weighted by Crippen LogP contribution is -2.19. The molecular weight excluding hydrogens is 386 g/mol. The molecule has 0 saturated carbocycles. The lowest BCUT2D eigenvalue weighted by Gasteiger charge is -2.01. The number of halogens is 2. The molecule has 118 valence electrons. The van der Waals surface area contributed by atoms with E-state index >= 15 is 0 Å². The van der Waals surface area contributed by atoms with Gasteiger partial charge in [-0.15, -0.1) is 0 Å². The number of nitrogens with zero attached hydrogens (tertiary/aromatic N) is 2. The van der Waals surface area contributed by atoms with E-state index in [1.807, 2.05) is 0 Å². The fourth-order valence-corrected chi connectivity index (χ4v) is 2.33. The van der Waals surface area contributed by atoms with Gasteiger partial charge >= 0.3 is 0 Å². The van der Waals surface area contributed by atoms with E-state index < -0.39 is 4.92 Å². The third-order valence-corrected chi connectivity index (χ3v) is 3.80. The first-order chi connectivity index (χ1) is 11.0. The molecular formula is C15H11BrClN3O3. The number of hydrazone groups is 1. The molecule has 0 aromatic heterocycles. The number of nitro benzene ring substituents is 1. The van der Waals surface area contributed by atoms with Crippen LogP contribution in [-0.4, -0.2) is 17.0 Å². The van der Waals surface area contributed by atoms with E-state index in [9.17, 15) is 14.9 Å². The highest BCUT2D eigenvalue weighted by atomic mass is 79.9. The average Bonchev–Trinajstić information content (AvgIpc) is 2.51. The Labute approximate surface area is 145 Å². The molecule has 1 N–H and O–H groups in total. The average molecular weight is 397 g/mol. The number of carbonyl (C=O) groups is 1. The molecule has 8 heteroatoms. The Morgan fingerprint density at radius 1 is 1.30 bits per heavy atom. The summed E-state index contributed by atoms with van der Waals surface area (Å²) in [5, 5.41) is 15.1. The van der Waals surface area contributed by atoms with Gasteiger partial charge in [0.05, 0.1) is 17.6 Å². The van der Waals surface area contributed by atoms with Crippen molar-refractivity contribution in [1.82, 2.24) is 5.43 Å². The molecule has 0 saturated heterocycles. The van der Waals surface area contributed by atoms with E-state index in [1.54, 1.807) is 24.3 Å². The summed E-state index contributed by atoms with van der Waals surface area (Å²) in [5.41, 5.74) is 3.81. The largest absolute Gasteiger partial charge is 0.273 e. The number of hydrogen-bond donors (Lipinski definition) is 1. The van der Waals surface area contributed by atoms with E-state index in [2.05, 4.69) is 26.5 Å². The summed E-state index contributed by atoms with van der Waals surface area (Å²) in [6.07, 6.45) is 1.59. The van der Waals surface area contributed by atoms with Crippen LogP contribution in [0, 0.1) is 10.1 Å². The standard InChI is InChI=1S/C15H11BrClN3O3/c16-14-8-13(20(22)23)6-3-11(14)9-18-19-15(21)7-10-1-4-12(17)5-2-10/h1-6,8-9H,7H2,(H,19,21)/b18-9-. The van der Waals surface area contributed by atoms with Gasteiger partial charge in [-0.05, 0) is 39.7 Å². The van der Waals surface area contributed by atoms with E-state index in [-0.39, 0.29) is 18.0 Å². The molecule has 0 radical (unpaired) electrons. The molecule has 0 aliphatic heterocycles. The van der Waals surface area contributed by atoms with Crippen molar-refractivity contribution in [2.45, 2.75) is 6.42 Å². The van der Waals surface area contributed by atoms with Crippen molar-refractivity contribution < 1.29 is 9.72 Å². The third-order valence-electron chi connectivity index (χ3n) is 2.87. The van der Waals surface area contributed by atoms with Gasteiger partial charge in [0.15, 0.2) is 0 Å². The SMILES string of the molecule is O=C(Cc1ccc(Cl)cc1)N/N=C\c1ccc([N+](=O)[O-])cc1Br. The number of nitro groups is 1. The molecule has 0 fully saturated rings. The minimum absolute atomic E-state index is 0.0270. The van der Waals surface area contributed by atoms with Gasteiger partial charge in [0.25, 0.3) is 5.69 Å². The quantitative estimate of drug-likeness (QED) is 0.475. The highest BCUT2D eigenvalue weighted by Crippen LogP contribution is 2.21. The van der Waals surface area contributed by atoms with Crippen LogP contribution in [0.1, 0.15) is 11.1 Å². The molecule has 23 heavy (non-hydrogen) atoms. The molecule has 2 rings (SSSR count). The summed E-state index contributed by atoms with van der Waals surface area (Å²) in [6, 6.07) is 11.2. The normalized spacial score (nSPS) is 10.7. The van der Waals surface area contributed by atoms with E-state index in [1.165, 1.54) is 24.4 Å². The number of carbonyl (C=O) groups excluding carboxylic acids is 1. The zero-order valence-corrected chi connectivity index (χ0v) is 14.0. The molecule has 0 atom stereocenters. The molecule has 2 aromatic rings. The Morgan fingerprint density at radius 3 is 2.61 bits per heavy atom. The van der Waals surface area contributed by atoms with Crippen LogP contribution in [0.2, 0.25) is 5.02 Å². The maximum atomic E-state index is 11.8. The second kappa shape index (κ2) is 7.85. The van der Waals surface area contributed by atoms with Crippen molar-refractivity contribution in [2.75, 3.05) is 0 Å². The van der Waals surface area contributed by atoms with Crippen molar-refractivity contribution >= 4 is 45.3 Å². The van der Waals surface area contributed by atoms with Crippen molar-refractivity contribution in [3.8, 4) is 0 Å². The van der Waals surface area contributed by atoms with Gasteiger partial charge < -0.3 is 0 Å². The van der Waals surface area contributed by atoms with Gasteiger partial charge in [0.2, 0.25) is 5.91 Å². The van der Waals surface area contributed by atoms with Crippen molar-refractivity contribution in [2.24, 2.45) is 5.10 Å². The summed E-state index contributed by atoms with van der Waals surface area (Å²) < 4.78 is 0.516. The Bertz CT molecular complexity index is 763. The van der Waals surface area contributed by atoms with Crippen LogP contribution < -0.4 is 5.43 Å². The van der Waals surface area contributed by atoms with Gasteiger partial charge in [-0.3, -0.25) is 14.9 Å². The maximum Gasteiger partial charge on any atom is 0.270 e. The summed E-state index contributed by atoms with van der Waals surface area (Å²) in [5.74, 6) is -0.276. The summed E-state index contributed by atoms with van der Waals surface area (Å²) in [4.78, 5) is 21.9. The lowest BCUT2D eigenvalue weighted by molar-refractivity contribution is -0.384. The maximum absolute atomic E-state index is 11.8. The number of rotatable bonds is 5. The van der Waals surface area contributed by atoms with Crippen LogP contribution in [0.5, 0.6) is 0 Å². The molecule has 2 aromatic carbocycles. The van der Waals surface area contributed by atoms with E-state index in [0.717, 1.165) is 5.56 Å². The highest BCUT2D eigenvalue weighted by Gasteiger charge is 2.08. The molecule has 6 nitrogen and oxygen atoms in total. The van der Waals surface area contributed by atoms with Crippen molar-refractivity contribution in [3.05, 3.63) is 73.2 Å². The number of non-ortho nitro benzene ring substituents is 1. The van der Waals surface area contributed by atoms with Crippen LogP contribution in [0.15, 0.2) is 52.0 Å². The highest BCUT2D eigenvalue weighted by molar-refractivity contribution is 9.10. The molecule has 0 spiro atoms. The Kier molecular flexibility index (Phi) is 5.84. The number of amides is 1. The van der Waals surface area contributed by atoms with E-state index in [0.29, 0.717) is 15.1 Å². The van der Waals surface area contributed by atoms with Crippen LogP contribution in [-0.2, 0) is 11.2 Å². The van der Waals surface area contributed by atoms with Crippen LogP contribution >= 0.6 is 27.5 Å². The van der Waals surface area contributed by atoms with Gasteiger partial charge in [-0.2, -0.15) is 5.10 Å². The predicted molar refractivity (Wildman–Crippen MR) is 91.7 cm³/mol. The zero-order valence-electron chi connectivity index (χ0n) is 11.7. The van der Waals surface area contributed by atoms with E-state index in [4.69, 9.17) is 11.6 Å². The lowest BCUT2D eigenvalue weighted by atomic mass is 10.1. The Morgan fingerprint density at radius 2 is 2.00 bits per heavy atom. The third kappa shape index (κ3) is 5.15. The van der Waals surface area contributed by atoms with Gasteiger partial charge in [-0.25, -0.2) is 5.43 Å². The Hall–Kier alpha value is -2.25. The molecule has 0 aliphatic rings. The first kappa shape index (κ1) is 17.1. The molecule has 0 bridgehead atoms. The number of nitrogens with one attached hydrogen (secondary N) is 1. The fraction of sp³-hybridized carbons (Fsp3) is 0.0667. The second-order valence-electron chi connectivity index (χ2n) is 4.56. The minimum Gasteiger partial charge on any atom is -0.273 e. The first-order valence-electron chi connectivity index (χ1n) is 6.46. The summed E-state index contributed by atoms with van der Waals surface area (Å²) >= 11 is 9.00. The molecule has 0 heterocycles. The Balaban J connectivity index is 1.94. The summed E-state index contributed by atoms with van der Waals surface area (Å²) in [6.45, 7) is 0. The minimum atomic E-state index is -0.487. The van der Waals surface area contributed by atoms with Gasteiger partial charge in [0, 0.05) is 27.2 Å². The molecule has 0 aliphatic carbocycles. The van der Waals surface area contributed by atoms with Crippen molar-refractivity contribution in [1.29, 1.82) is 0 Å². The van der Waals surface area contributed by atoms with Crippen molar-refractivity contribution in [3.63, 3.8) is 0 Å². The second-order valence-corrected chi connectivity index (χ2v) is 5.85. The smallest absolute Gasteiger partial charge is 0.270 e.